The number of nitrogens with zero attached hydrogens (tertiary/aromatic N) is 1. The summed E-state index contributed by atoms with van der Waals surface area (Å²) < 4.78 is 5.76. The molecular weight excluding hydrogens is 373 g/mol. The molecule has 0 bridgehead atoms. The molecule has 1 aliphatic rings. The second kappa shape index (κ2) is 9.24. The van der Waals surface area contributed by atoms with Gasteiger partial charge in [0.2, 0.25) is 0 Å². The van der Waals surface area contributed by atoms with Crippen LogP contribution in [0.1, 0.15) is 5.56 Å². The van der Waals surface area contributed by atoms with Gasteiger partial charge in [0.05, 0.1) is 12.7 Å². The van der Waals surface area contributed by atoms with Gasteiger partial charge in [-0.2, -0.15) is 0 Å². The number of amides is 2. The minimum absolute atomic E-state index is 0.0427. The molecule has 26 heavy (non-hydrogen) atoms. The smallest absolute Gasteiger partial charge is 0.319 e. The maximum Gasteiger partial charge on any atom is 0.319 e. The molecule has 5 nitrogen and oxygen atoms in total. The summed E-state index contributed by atoms with van der Waals surface area (Å²) in [7, 11) is 0. The Labute approximate surface area is 163 Å². The van der Waals surface area contributed by atoms with Crippen molar-refractivity contribution in [3.05, 3.63) is 64.1 Å². The fourth-order valence-electron chi connectivity index (χ4n) is 2.86. The Balaban J connectivity index is 1.44. The van der Waals surface area contributed by atoms with E-state index in [1.807, 2.05) is 18.2 Å². The summed E-state index contributed by atoms with van der Waals surface area (Å²) in [5.74, 6) is 0. The highest BCUT2D eigenvalue weighted by molar-refractivity contribution is 6.30. The molecule has 2 amide bonds. The number of anilines is 1. The number of rotatable bonds is 5. The van der Waals surface area contributed by atoms with Gasteiger partial charge >= 0.3 is 6.03 Å². The number of benzene rings is 2. The molecule has 2 aromatic rings. The van der Waals surface area contributed by atoms with Gasteiger partial charge in [-0.05, 0) is 42.0 Å². The topological polar surface area (TPSA) is 53.6 Å². The number of ether oxygens (including phenoxy) is 1. The third kappa shape index (κ3) is 5.88. The van der Waals surface area contributed by atoms with Gasteiger partial charge in [-0.1, -0.05) is 35.3 Å². The fourth-order valence-corrected chi connectivity index (χ4v) is 3.19. The van der Waals surface area contributed by atoms with E-state index in [4.69, 9.17) is 27.9 Å². The average molecular weight is 394 g/mol. The number of nitrogens with one attached hydrogen (secondary N) is 2. The average Bonchev–Trinajstić information content (AvgIpc) is 2.62. The van der Waals surface area contributed by atoms with Crippen molar-refractivity contribution < 1.29 is 9.53 Å². The van der Waals surface area contributed by atoms with Crippen LogP contribution in [-0.4, -0.2) is 43.3 Å². The highest BCUT2D eigenvalue weighted by Gasteiger charge is 2.21. The predicted octanol–water partition coefficient (Wildman–Crippen LogP) is 4.02. The summed E-state index contributed by atoms with van der Waals surface area (Å²) >= 11 is 11.9. The van der Waals surface area contributed by atoms with Crippen LogP contribution in [0, 0.1) is 0 Å². The number of urea groups is 1. The maximum atomic E-state index is 12.0. The first kappa shape index (κ1) is 19.0. The fraction of sp³-hybridized carbons (Fsp3) is 0.316. The van der Waals surface area contributed by atoms with Gasteiger partial charge in [-0.15, -0.1) is 0 Å². The Bertz CT molecular complexity index is 740. The van der Waals surface area contributed by atoms with Gasteiger partial charge < -0.3 is 15.4 Å². The van der Waals surface area contributed by atoms with Crippen molar-refractivity contribution >= 4 is 34.9 Å². The summed E-state index contributed by atoms with van der Waals surface area (Å²) in [6.45, 7) is 3.53. The SMILES string of the molecule is O=C(NCC1CN(Cc2cccc(Cl)c2)CCO1)Nc1ccc(Cl)cc1. The first-order valence-corrected chi connectivity index (χ1v) is 9.23. The normalized spacial score (nSPS) is 17.7. The maximum absolute atomic E-state index is 12.0. The molecule has 0 radical (unpaired) electrons. The number of morpholine rings is 1. The van der Waals surface area contributed by atoms with Gasteiger partial charge in [0.25, 0.3) is 0 Å². The van der Waals surface area contributed by atoms with E-state index in [2.05, 4.69) is 21.6 Å². The lowest BCUT2D eigenvalue weighted by Crippen LogP contribution is -2.47. The zero-order chi connectivity index (χ0) is 18.4. The molecule has 1 fully saturated rings. The Morgan fingerprint density at radius 1 is 1.15 bits per heavy atom. The predicted molar refractivity (Wildman–Crippen MR) is 105 cm³/mol. The van der Waals surface area contributed by atoms with E-state index < -0.39 is 0 Å². The van der Waals surface area contributed by atoms with Gasteiger partial charge in [0.15, 0.2) is 0 Å². The Hall–Kier alpha value is -1.79. The zero-order valence-corrected chi connectivity index (χ0v) is 15.8. The first-order valence-electron chi connectivity index (χ1n) is 8.47. The van der Waals surface area contributed by atoms with Crippen LogP contribution in [0.3, 0.4) is 0 Å². The van der Waals surface area contributed by atoms with Gasteiger partial charge in [0, 0.05) is 41.9 Å². The van der Waals surface area contributed by atoms with Crippen LogP contribution in [-0.2, 0) is 11.3 Å². The molecule has 1 saturated heterocycles. The summed E-state index contributed by atoms with van der Waals surface area (Å²) in [5, 5.41) is 7.00. The molecule has 0 aliphatic carbocycles. The molecule has 0 saturated carbocycles. The third-order valence-corrected chi connectivity index (χ3v) is 4.60. The van der Waals surface area contributed by atoms with Gasteiger partial charge in [-0.3, -0.25) is 4.90 Å². The summed E-state index contributed by atoms with van der Waals surface area (Å²) in [4.78, 5) is 14.3. The second-order valence-electron chi connectivity index (χ2n) is 6.20. The van der Waals surface area contributed by atoms with E-state index in [0.717, 1.165) is 24.7 Å². The van der Waals surface area contributed by atoms with Crippen molar-refractivity contribution in [2.45, 2.75) is 12.6 Å². The molecular formula is C19H21Cl2N3O2. The first-order chi connectivity index (χ1) is 12.6. The lowest BCUT2D eigenvalue weighted by atomic mass is 10.2. The van der Waals surface area contributed by atoms with Crippen LogP contribution >= 0.6 is 23.2 Å². The lowest BCUT2D eigenvalue weighted by molar-refractivity contribution is -0.0285. The third-order valence-electron chi connectivity index (χ3n) is 4.11. The highest BCUT2D eigenvalue weighted by Crippen LogP contribution is 2.15. The van der Waals surface area contributed by atoms with Crippen molar-refractivity contribution in [2.75, 3.05) is 31.6 Å². The number of carbonyl (C=O) groups excluding carboxylic acids is 1. The molecule has 0 aromatic heterocycles. The van der Waals surface area contributed by atoms with E-state index >= 15 is 0 Å². The molecule has 2 aromatic carbocycles. The number of hydrogen-bond donors (Lipinski definition) is 2. The van der Waals surface area contributed by atoms with Crippen molar-refractivity contribution in [1.82, 2.24) is 10.2 Å². The Morgan fingerprint density at radius 2 is 1.96 bits per heavy atom. The number of halogens is 2. The quantitative estimate of drug-likeness (QED) is 0.806. The van der Waals surface area contributed by atoms with Crippen molar-refractivity contribution in [3.63, 3.8) is 0 Å². The minimum Gasteiger partial charge on any atom is -0.374 e. The van der Waals surface area contributed by atoms with Gasteiger partial charge in [0.1, 0.15) is 0 Å². The molecule has 1 heterocycles. The monoisotopic (exact) mass is 393 g/mol. The Morgan fingerprint density at radius 3 is 2.73 bits per heavy atom. The summed E-state index contributed by atoms with van der Waals surface area (Å²) in [6.07, 6.45) is -0.0427. The molecule has 7 heteroatoms. The van der Waals surface area contributed by atoms with Crippen LogP contribution in [0.15, 0.2) is 48.5 Å². The zero-order valence-electron chi connectivity index (χ0n) is 14.3. The molecule has 1 atom stereocenters. The standard InChI is InChI=1S/C19H21Cl2N3O2/c20-15-4-6-17(7-5-15)23-19(25)22-11-18-13-24(8-9-26-18)12-14-2-1-3-16(21)10-14/h1-7,10,18H,8-9,11-13H2,(H2,22,23,25). The lowest BCUT2D eigenvalue weighted by Gasteiger charge is -2.33. The molecule has 1 aliphatic heterocycles. The molecule has 138 valence electrons. The van der Waals surface area contributed by atoms with E-state index in [-0.39, 0.29) is 12.1 Å². The van der Waals surface area contributed by atoms with E-state index in [9.17, 15) is 4.79 Å². The van der Waals surface area contributed by atoms with Crippen LogP contribution in [0.5, 0.6) is 0 Å². The Kier molecular flexibility index (Phi) is 6.74. The van der Waals surface area contributed by atoms with E-state index in [0.29, 0.717) is 23.9 Å². The van der Waals surface area contributed by atoms with Crippen LogP contribution in [0.2, 0.25) is 10.0 Å². The molecule has 2 N–H and O–H groups in total. The van der Waals surface area contributed by atoms with E-state index in [1.165, 1.54) is 5.56 Å². The van der Waals surface area contributed by atoms with Crippen LogP contribution in [0.4, 0.5) is 10.5 Å². The molecule has 1 unspecified atom stereocenters. The van der Waals surface area contributed by atoms with Crippen molar-refractivity contribution in [1.29, 1.82) is 0 Å². The van der Waals surface area contributed by atoms with E-state index in [1.54, 1.807) is 24.3 Å². The van der Waals surface area contributed by atoms with Gasteiger partial charge in [-0.25, -0.2) is 4.79 Å². The number of hydrogen-bond acceptors (Lipinski definition) is 3. The largest absolute Gasteiger partial charge is 0.374 e. The van der Waals surface area contributed by atoms with Crippen LogP contribution < -0.4 is 10.6 Å². The van der Waals surface area contributed by atoms with Crippen molar-refractivity contribution in [3.8, 4) is 0 Å². The molecule has 0 spiro atoms. The van der Waals surface area contributed by atoms with Crippen molar-refractivity contribution in [2.24, 2.45) is 0 Å². The second-order valence-corrected chi connectivity index (χ2v) is 7.07. The summed E-state index contributed by atoms with van der Waals surface area (Å²) in [6, 6.07) is 14.6. The van der Waals surface area contributed by atoms with Crippen LogP contribution in [0.25, 0.3) is 0 Å². The number of carbonyl (C=O) groups is 1. The highest BCUT2D eigenvalue weighted by atomic mass is 35.5. The minimum atomic E-state index is -0.261. The summed E-state index contributed by atoms with van der Waals surface area (Å²) in [5.41, 5.74) is 1.87. The molecule has 3 rings (SSSR count).